The summed E-state index contributed by atoms with van der Waals surface area (Å²) in [5, 5.41) is 0. The number of halogens is 2. The van der Waals surface area contributed by atoms with Crippen molar-refractivity contribution in [1.29, 1.82) is 0 Å². The van der Waals surface area contributed by atoms with E-state index in [1.165, 1.54) is 36.5 Å². The van der Waals surface area contributed by atoms with Crippen molar-refractivity contribution in [3.63, 3.8) is 0 Å². The Labute approximate surface area is 165 Å². The molecule has 0 spiro atoms. The van der Waals surface area contributed by atoms with Crippen molar-refractivity contribution in [3.8, 4) is 0 Å². The molecule has 152 valence electrons. The van der Waals surface area contributed by atoms with E-state index in [0.717, 1.165) is 6.07 Å². The maximum atomic E-state index is 13.3. The number of hydrogen-bond acceptors (Lipinski definition) is 6. The van der Waals surface area contributed by atoms with Gasteiger partial charge in [-0.05, 0) is 55.5 Å². The lowest BCUT2D eigenvalue weighted by Crippen LogP contribution is -2.15. The van der Waals surface area contributed by atoms with Crippen LogP contribution in [0.25, 0.3) is 0 Å². The van der Waals surface area contributed by atoms with Gasteiger partial charge in [-0.25, -0.2) is 35.6 Å². The molecule has 1 aromatic heterocycles. The Hall–Kier alpha value is -3.12. The summed E-state index contributed by atoms with van der Waals surface area (Å²) in [5.41, 5.74) is 0.0339. The smallest absolute Gasteiger partial charge is 0.263 e. The van der Waals surface area contributed by atoms with Crippen LogP contribution in [0.15, 0.2) is 64.5 Å². The van der Waals surface area contributed by atoms with Crippen LogP contribution in [-0.4, -0.2) is 26.8 Å². The third-order valence-electron chi connectivity index (χ3n) is 3.63. The molecule has 1 heterocycles. The predicted octanol–water partition coefficient (Wildman–Crippen LogP) is 2.66. The molecule has 29 heavy (non-hydrogen) atoms. The molecule has 8 nitrogen and oxygen atoms in total. The van der Waals surface area contributed by atoms with E-state index in [1.807, 2.05) is 0 Å². The number of benzene rings is 2. The number of rotatable bonds is 6. The van der Waals surface area contributed by atoms with E-state index in [4.69, 9.17) is 0 Å². The van der Waals surface area contributed by atoms with Crippen molar-refractivity contribution in [1.82, 2.24) is 9.97 Å². The maximum absolute atomic E-state index is 13.3. The Kier molecular flexibility index (Phi) is 5.48. The van der Waals surface area contributed by atoms with Crippen molar-refractivity contribution < 1.29 is 25.6 Å². The fourth-order valence-electron chi connectivity index (χ4n) is 2.27. The molecular weight excluding hydrogens is 426 g/mol. The van der Waals surface area contributed by atoms with E-state index in [1.54, 1.807) is 6.92 Å². The summed E-state index contributed by atoms with van der Waals surface area (Å²) in [4.78, 5) is 7.20. The van der Waals surface area contributed by atoms with Crippen molar-refractivity contribution >= 4 is 31.6 Å². The molecule has 0 aliphatic heterocycles. The van der Waals surface area contributed by atoms with Crippen LogP contribution in [0, 0.1) is 18.6 Å². The molecular formula is C17H14F2N4O4S2. The van der Waals surface area contributed by atoms with Gasteiger partial charge >= 0.3 is 0 Å². The first-order valence-electron chi connectivity index (χ1n) is 7.97. The van der Waals surface area contributed by atoms with E-state index >= 15 is 0 Å². The summed E-state index contributed by atoms with van der Waals surface area (Å²) in [6.07, 6.45) is 1.40. The standard InChI is InChI=1S/C17H14F2N4O4S2/c1-11-20-9-8-17(21-11)23-28(24,25)13-4-2-12(3-5-13)22-29(26,27)14-6-7-15(18)16(19)10-14/h2-10,22H,1H3,(H,20,21,23). The molecule has 0 saturated heterocycles. The summed E-state index contributed by atoms with van der Waals surface area (Å²) in [7, 11) is -8.15. The minimum Gasteiger partial charge on any atom is -0.280 e. The Morgan fingerprint density at radius 2 is 1.41 bits per heavy atom. The highest BCUT2D eigenvalue weighted by molar-refractivity contribution is 7.93. The first-order valence-corrected chi connectivity index (χ1v) is 10.9. The van der Waals surface area contributed by atoms with Crippen LogP contribution in [0.4, 0.5) is 20.3 Å². The molecule has 2 N–H and O–H groups in total. The lowest BCUT2D eigenvalue weighted by molar-refractivity contribution is 0.504. The number of nitrogens with one attached hydrogen (secondary N) is 2. The van der Waals surface area contributed by atoms with Gasteiger partial charge in [0.1, 0.15) is 11.6 Å². The Balaban J connectivity index is 1.79. The highest BCUT2D eigenvalue weighted by atomic mass is 32.2. The second kappa shape index (κ2) is 7.72. The summed E-state index contributed by atoms with van der Waals surface area (Å²) in [5.74, 6) is -2.02. The van der Waals surface area contributed by atoms with Gasteiger partial charge in [0.25, 0.3) is 20.0 Å². The van der Waals surface area contributed by atoms with Gasteiger partial charge in [-0.1, -0.05) is 0 Å². The van der Waals surface area contributed by atoms with Crippen LogP contribution in [0.3, 0.4) is 0 Å². The lowest BCUT2D eigenvalue weighted by atomic mass is 10.3. The van der Waals surface area contributed by atoms with Gasteiger partial charge in [0, 0.05) is 11.9 Å². The topological polar surface area (TPSA) is 118 Å². The highest BCUT2D eigenvalue weighted by Crippen LogP contribution is 2.21. The zero-order chi connectivity index (χ0) is 21.2. The summed E-state index contributed by atoms with van der Waals surface area (Å²) >= 11 is 0. The molecule has 0 radical (unpaired) electrons. The maximum Gasteiger partial charge on any atom is 0.263 e. The van der Waals surface area contributed by atoms with Crippen LogP contribution < -0.4 is 9.44 Å². The normalized spacial score (nSPS) is 11.8. The second-order valence-corrected chi connectivity index (χ2v) is 9.17. The number of nitrogens with zero attached hydrogens (tertiary/aromatic N) is 2. The van der Waals surface area contributed by atoms with Gasteiger partial charge in [0.05, 0.1) is 9.79 Å². The molecule has 0 unspecified atom stereocenters. The van der Waals surface area contributed by atoms with Crippen LogP contribution in [-0.2, 0) is 20.0 Å². The molecule has 0 atom stereocenters. The van der Waals surface area contributed by atoms with Crippen molar-refractivity contribution in [2.75, 3.05) is 9.44 Å². The SMILES string of the molecule is Cc1nccc(NS(=O)(=O)c2ccc(NS(=O)(=O)c3ccc(F)c(F)c3)cc2)n1. The first kappa shape index (κ1) is 20.6. The predicted molar refractivity (Wildman–Crippen MR) is 101 cm³/mol. The quantitative estimate of drug-likeness (QED) is 0.608. The van der Waals surface area contributed by atoms with E-state index in [9.17, 15) is 25.6 Å². The van der Waals surface area contributed by atoms with Gasteiger partial charge in [0.15, 0.2) is 11.6 Å². The molecule has 0 aliphatic carbocycles. The van der Waals surface area contributed by atoms with Gasteiger partial charge < -0.3 is 0 Å². The Bertz CT molecular complexity index is 1260. The fraction of sp³-hybridized carbons (Fsp3) is 0.0588. The first-order chi connectivity index (χ1) is 13.6. The number of hydrogen-bond donors (Lipinski definition) is 2. The largest absolute Gasteiger partial charge is 0.280 e. The molecule has 0 bridgehead atoms. The van der Waals surface area contributed by atoms with E-state index in [2.05, 4.69) is 19.4 Å². The zero-order valence-electron chi connectivity index (χ0n) is 14.8. The molecule has 3 rings (SSSR count). The van der Waals surface area contributed by atoms with E-state index in [0.29, 0.717) is 18.0 Å². The lowest BCUT2D eigenvalue weighted by Gasteiger charge is -2.10. The third-order valence-corrected chi connectivity index (χ3v) is 6.38. The van der Waals surface area contributed by atoms with Gasteiger partial charge in [-0.3, -0.25) is 9.44 Å². The Morgan fingerprint density at radius 1 is 0.793 bits per heavy atom. The molecule has 0 aliphatic rings. The molecule has 3 aromatic rings. The monoisotopic (exact) mass is 440 g/mol. The van der Waals surface area contributed by atoms with Crippen LogP contribution in [0.5, 0.6) is 0 Å². The Morgan fingerprint density at radius 3 is 2.03 bits per heavy atom. The molecule has 12 heteroatoms. The average Bonchev–Trinajstić information content (AvgIpc) is 2.63. The molecule has 0 saturated carbocycles. The minimum atomic E-state index is -4.19. The van der Waals surface area contributed by atoms with Crippen LogP contribution in [0.1, 0.15) is 5.82 Å². The number of sulfonamides is 2. The van der Waals surface area contributed by atoms with Crippen molar-refractivity contribution in [2.45, 2.75) is 16.7 Å². The number of anilines is 2. The summed E-state index contributed by atoms with van der Waals surface area (Å²) in [6.45, 7) is 1.60. The number of aromatic nitrogens is 2. The van der Waals surface area contributed by atoms with Gasteiger partial charge in [-0.2, -0.15) is 0 Å². The summed E-state index contributed by atoms with van der Waals surface area (Å²) < 4.78 is 80.1. The fourth-order valence-corrected chi connectivity index (χ4v) is 4.34. The highest BCUT2D eigenvalue weighted by Gasteiger charge is 2.18. The van der Waals surface area contributed by atoms with Gasteiger partial charge in [-0.15, -0.1) is 0 Å². The molecule has 0 fully saturated rings. The summed E-state index contributed by atoms with van der Waals surface area (Å²) in [6, 6.07) is 8.33. The average molecular weight is 440 g/mol. The number of aryl methyl sites for hydroxylation is 1. The van der Waals surface area contributed by atoms with E-state index < -0.39 is 36.6 Å². The second-order valence-electron chi connectivity index (χ2n) is 5.80. The van der Waals surface area contributed by atoms with Gasteiger partial charge in [0.2, 0.25) is 0 Å². The zero-order valence-corrected chi connectivity index (χ0v) is 16.4. The molecule has 0 amide bonds. The van der Waals surface area contributed by atoms with Crippen LogP contribution >= 0.6 is 0 Å². The van der Waals surface area contributed by atoms with Crippen molar-refractivity contribution in [3.05, 3.63) is 72.2 Å². The molecule has 2 aromatic carbocycles. The third kappa shape index (κ3) is 4.84. The van der Waals surface area contributed by atoms with Crippen molar-refractivity contribution in [2.24, 2.45) is 0 Å². The van der Waals surface area contributed by atoms with Crippen LogP contribution in [0.2, 0.25) is 0 Å². The van der Waals surface area contributed by atoms with E-state index in [-0.39, 0.29) is 16.4 Å². The minimum absolute atomic E-state index is 0.0339.